The van der Waals surface area contributed by atoms with Gasteiger partial charge in [0.15, 0.2) is 0 Å². The Morgan fingerprint density at radius 1 is 1.00 bits per heavy atom. The summed E-state index contributed by atoms with van der Waals surface area (Å²) in [6.07, 6.45) is 0.984. The molecule has 0 amide bonds. The van der Waals surface area contributed by atoms with Crippen LogP contribution in [0, 0.1) is 20.8 Å². The Labute approximate surface area is 133 Å². The molecule has 0 saturated carbocycles. The quantitative estimate of drug-likeness (QED) is 0.804. The molecule has 112 valence electrons. The third-order valence-electron chi connectivity index (χ3n) is 3.79. The van der Waals surface area contributed by atoms with Crippen molar-refractivity contribution in [1.29, 1.82) is 0 Å². The van der Waals surface area contributed by atoms with Crippen LogP contribution in [0.3, 0.4) is 0 Å². The van der Waals surface area contributed by atoms with E-state index in [9.17, 15) is 0 Å². The summed E-state index contributed by atoms with van der Waals surface area (Å²) in [5.41, 5.74) is 6.60. The predicted octanol–water partition coefficient (Wildman–Crippen LogP) is 5.16. The summed E-state index contributed by atoms with van der Waals surface area (Å²) in [5, 5.41) is 4.40. The molecule has 0 bridgehead atoms. The first-order valence-corrected chi connectivity index (χ1v) is 7.94. The van der Waals surface area contributed by atoms with Crippen LogP contribution in [0.15, 0.2) is 36.4 Å². The lowest BCUT2D eigenvalue weighted by Crippen LogP contribution is -2.23. The molecule has 1 N–H and O–H groups in total. The highest BCUT2D eigenvalue weighted by Gasteiger charge is 2.14. The van der Waals surface area contributed by atoms with Crippen molar-refractivity contribution in [1.82, 2.24) is 5.32 Å². The number of hydrogen-bond acceptors (Lipinski definition) is 1. The Kier molecular flexibility index (Phi) is 5.44. The summed E-state index contributed by atoms with van der Waals surface area (Å²) in [6, 6.07) is 13.2. The summed E-state index contributed by atoms with van der Waals surface area (Å²) in [4.78, 5) is 0. The van der Waals surface area contributed by atoms with Gasteiger partial charge in [0.05, 0.1) is 0 Å². The van der Waals surface area contributed by atoms with Gasteiger partial charge in [-0.05, 0) is 62.6 Å². The molecule has 0 spiro atoms. The number of nitrogens with one attached hydrogen (secondary N) is 1. The molecule has 0 aliphatic rings. The van der Waals surface area contributed by atoms with E-state index in [-0.39, 0.29) is 0 Å². The maximum Gasteiger partial charge on any atom is 0.0409 e. The third-order valence-corrected chi connectivity index (χ3v) is 4.02. The number of benzene rings is 2. The molecule has 0 aliphatic heterocycles. The molecule has 2 rings (SSSR count). The van der Waals surface area contributed by atoms with E-state index in [4.69, 9.17) is 11.6 Å². The monoisotopic (exact) mass is 301 g/mol. The minimum atomic E-state index is 0.301. The zero-order valence-electron chi connectivity index (χ0n) is 13.3. The fraction of sp³-hybridized carbons (Fsp3) is 0.368. The third kappa shape index (κ3) is 4.33. The minimum absolute atomic E-state index is 0.301. The van der Waals surface area contributed by atoms with Crippen molar-refractivity contribution in [3.8, 4) is 0 Å². The van der Waals surface area contributed by atoms with Crippen LogP contribution >= 0.6 is 11.6 Å². The Morgan fingerprint density at radius 2 is 1.67 bits per heavy atom. The molecule has 1 nitrogen and oxygen atoms in total. The second kappa shape index (κ2) is 7.11. The van der Waals surface area contributed by atoms with E-state index in [2.05, 4.69) is 63.3 Å². The summed E-state index contributed by atoms with van der Waals surface area (Å²) < 4.78 is 0. The van der Waals surface area contributed by atoms with Crippen molar-refractivity contribution in [2.24, 2.45) is 0 Å². The Balaban J connectivity index is 2.32. The van der Waals surface area contributed by atoms with E-state index in [1.54, 1.807) is 0 Å². The van der Waals surface area contributed by atoms with Gasteiger partial charge in [0.25, 0.3) is 0 Å². The lowest BCUT2D eigenvalue weighted by atomic mass is 9.94. The van der Waals surface area contributed by atoms with E-state index in [0.717, 1.165) is 18.0 Å². The van der Waals surface area contributed by atoms with Crippen LogP contribution in [-0.2, 0) is 6.42 Å². The second-order valence-corrected chi connectivity index (χ2v) is 6.25. The van der Waals surface area contributed by atoms with Crippen molar-refractivity contribution < 1.29 is 0 Å². The summed E-state index contributed by atoms with van der Waals surface area (Å²) in [6.45, 7) is 9.56. The maximum absolute atomic E-state index is 6.19. The molecule has 0 radical (unpaired) electrons. The van der Waals surface area contributed by atoms with Crippen LogP contribution in [0.1, 0.15) is 40.8 Å². The lowest BCUT2D eigenvalue weighted by molar-refractivity contribution is 0.547. The van der Waals surface area contributed by atoms with Crippen LogP contribution in [0.5, 0.6) is 0 Å². The molecule has 2 aromatic carbocycles. The van der Waals surface area contributed by atoms with E-state index in [0.29, 0.717) is 6.04 Å². The molecule has 0 aliphatic carbocycles. The van der Waals surface area contributed by atoms with Gasteiger partial charge in [-0.2, -0.15) is 0 Å². The second-order valence-electron chi connectivity index (χ2n) is 5.81. The van der Waals surface area contributed by atoms with Crippen LogP contribution in [0.4, 0.5) is 0 Å². The molecule has 0 saturated heterocycles. The van der Waals surface area contributed by atoms with Crippen molar-refractivity contribution in [2.75, 3.05) is 6.54 Å². The average Bonchev–Trinajstić information content (AvgIpc) is 2.40. The largest absolute Gasteiger partial charge is 0.310 e. The average molecular weight is 302 g/mol. The SMILES string of the molecule is CCNC(Cc1cc(C)cc(C)c1)c1cc(Cl)ccc1C. The number of rotatable bonds is 5. The minimum Gasteiger partial charge on any atom is -0.310 e. The fourth-order valence-corrected chi connectivity index (χ4v) is 3.13. The molecule has 2 heteroatoms. The Morgan fingerprint density at radius 3 is 2.29 bits per heavy atom. The van der Waals surface area contributed by atoms with Crippen LogP contribution in [-0.4, -0.2) is 6.54 Å². The van der Waals surface area contributed by atoms with E-state index < -0.39 is 0 Å². The number of hydrogen-bond donors (Lipinski definition) is 1. The normalized spacial score (nSPS) is 12.4. The van der Waals surface area contributed by atoms with E-state index in [1.165, 1.54) is 27.8 Å². The first-order valence-electron chi connectivity index (χ1n) is 7.56. The maximum atomic E-state index is 6.19. The zero-order chi connectivity index (χ0) is 15.4. The van der Waals surface area contributed by atoms with Gasteiger partial charge in [-0.25, -0.2) is 0 Å². The van der Waals surface area contributed by atoms with Gasteiger partial charge in [0, 0.05) is 11.1 Å². The number of likely N-dealkylation sites (N-methyl/N-ethyl adjacent to an activating group) is 1. The molecule has 1 unspecified atom stereocenters. The number of halogens is 1. The highest BCUT2D eigenvalue weighted by atomic mass is 35.5. The van der Waals surface area contributed by atoms with Crippen LogP contribution in [0.25, 0.3) is 0 Å². The summed E-state index contributed by atoms with van der Waals surface area (Å²) in [5.74, 6) is 0. The molecule has 2 aromatic rings. The van der Waals surface area contributed by atoms with Crippen molar-refractivity contribution in [2.45, 2.75) is 40.2 Å². The fourth-order valence-electron chi connectivity index (χ4n) is 2.95. The molecule has 0 heterocycles. The first kappa shape index (κ1) is 16.1. The van der Waals surface area contributed by atoms with Crippen molar-refractivity contribution >= 4 is 11.6 Å². The van der Waals surface area contributed by atoms with Gasteiger partial charge < -0.3 is 5.32 Å². The molecule has 1 atom stereocenters. The number of aryl methyl sites for hydroxylation is 3. The van der Waals surface area contributed by atoms with Gasteiger partial charge in [-0.3, -0.25) is 0 Å². The molecule has 0 aromatic heterocycles. The topological polar surface area (TPSA) is 12.0 Å². The summed E-state index contributed by atoms with van der Waals surface area (Å²) in [7, 11) is 0. The van der Waals surface area contributed by atoms with Gasteiger partial charge in [0.1, 0.15) is 0 Å². The van der Waals surface area contributed by atoms with Crippen LogP contribution in [0.2, 0.25) is 5.02 Å². The Bertz CT molecular complexity index is 599. The molecule has 21 heavy (non-hydrogen) atoms. The van der Waals surface area contributed by atoms with Gasteiger partial charge in [-0.15, -0.1) is 0 Å². The highest BCUT2D eigenvalue weighted by molar-refractivity contribution is 6.30. The van der Waals surface area contributed by atoms with Crippen molar-refractivity contribution in [3.05, 3.63) is 69.2 Å². The standard InChI is InChI=1S/C19H24ClN/c1-5-21-19(18-12-17(20)7-6-15(18)4)11-16-9-13(2)8-14(3)10-16/h6-10,12,19,21H,5,11H2,1-4H3. The first-order chi connectivity index (χ1) is 9.99. The van der Waals surface area contributed by atoms with Crippen molar-refractivity contribution in [3.63, 3.8) is 0 Å². The Hall–Kier alpha value is -1.31. The molecular weight excluding hydrogens is 278 g/mol. The van der Waals surface area contributed by atoms with Gasteiger partial charge >= 0.3 is 0 Å². The van der Waals surface area contributed by atoms with Gasteiger partial charge in [0.2, 0.25) is 0 Å². The summed E-state index contributed by atoms with van der Waals surface area (Å²) >= 11 is 6.19. The van der Waals surface area contributed by atoms with Gasteiger partial charge in [-0.1, -0.05) is 53.9 Å². The molecule has 0 fully saturated rings. The zero-order valence-corrected chi connectivity index (χ0v) is 14.1. The molecular formula is C19H24ClN. The smallest absolute Gasteiger partial charge is 0.0409 e. The van der Waals surface area contributed by atoms with Crippen LogP contribution < -0.4 is 5.32 Å². The van der Waals surface area contributed by atoms with E-state index >= 15 is 0 Å². The predicted molar refractivity (Wildman–Crippen MR) is 92.2 cm³/mol. The lowest BCUT2D eigenvalue weighted by Gasteiger charge is -2.21. The highest BCUT2D eigenvalue weighted by Crippen LogP contribution is 2.25. The van der Waals surface area contributed by atoms with E-state index in [1.807, 2.05) is 6.07 Å².